The largest absolute Gasteiger partial charge is 0.417 e. The van der Waals surface area contributed by atoms with Crippen LogP contribution in [-0.4, -0.2) is 48.0 Å². The van der Waals surface area contributed by atoms with Gasteiger partial charge in [0.1, 0.15) is 4.90 Å². The molecule has 1 fully saturated rings. The maximum atomic E-state index is 13.2. The van der Waals surface area contributed by atoms with Gasteiger partial charge < -0.3 is 5.32 Å². The van der Waals surface area contributed by atoms with E-state index in [1.807, 2.05) is 0 Å². The first-order chi connectivity index (χ1) is 15.6. The summed E-state index contributed by atoms with van der Waals surface area (Å²) < 4.78 is 66.8. The molecule has 33 heavy (non-hydrogen) atoms. The van der Waals surface area contributed by atoms with Gasteiger partial charge in [0.25, 0.3) is 5.91 Å². The summed E-state index contributed by atoms with van der Waals surface area (Å²) in [6, 6.07) is 11.4. The third-order valence-corrected chi connectivity index (χ3v) is 7.69. The lowest BCUT2D eigenvalue weighted by Gasteiger charge is -2.21. The molecule has 1 aromatic heterocycles. The zero-order valence-corrected chi connectivity index (χ0v) is 18.5. The third kappa shape index (κ3) is 4.61. The van der Waals surface area contributed by atoms with Gasteiger partial charge in [-0.1, -0.05) is 48.0 Å². The second kappa shape index (κ2) is 8.81. The van der Waals surface area contributed by atoms with Crippen molar-refractivity contribution in [2.75, 3.05) is 13.1 Å². The summed E-state index contributed by atoms with van der Waals surface area (Å²) in [4.78, 5) is 12.9. The molecule has 174 valence electrons. The first-order valence-corrected chi connectivity index (χ1v) is 11.6. The van der Waals surface area contributed by atoms with E-state index in [9.17, 15) is 26.4 Å². The number of H-pyrrole nitrogens is 1. The molecule has 0 aliphatic carbocycles. The van der Waals surface area contributed by atoms with Gasteiger partial charge in [-0.25, -0.2) is 8.42 Å². The van der Waals surface area contributed by atoms with Crippen LogP contribution >= 0.6 is 11.6 Å². The van der Waals surface area contributed by atoms with E-state index in [1.165, 1.54) is 22.8 Å². The second-order valence-electron chi connectivity index (χ2n) is 7.52. The van der Waals surface area contributed by atoms with Crippen LogP contribution in [0.4, 0.5) is 13.2 Å². The zero-order valence-electron chi connectivity index (χ0n) is 16.9. The summed E-state index contributed by atoms with van der Waals surface area (Å²) in [5.41, 5.74) is -0.677. The monoisotopic (exact) mass is 498 g/mol. The van der Waals surface area contributed by atoms with Gasteiger partial charge in [-0.15, -0.1) is 0 Å². The Morgan fingerprint density at radius 1 is 1.12 bits per heavy atom. The van der Waals surface area contributed by atoms with Gasteiger partial charge in [-0.3, -0.25) is 9.89 Å². The number of rotatable bonds is 5. The van der Waals surface area contributed by atoms with E-state index >= 15 is 0 Å². The number of amides is 1. The topological polar surface area (TPSA) is 95.2 Å². The van der Waals surface area contributed by atoms with Crippen molar-refractivity contribution in [1.82, 2.24) is 19.8 Å². The van der Waals surface area contributed by atoms with Crippen LogP contribution < -0.4 is 5.32 Å². The van der Waals surface area contributed by atoms with Crippen LogP contribution in [0.25, 0.3) is 0 Å². The van der Waals surface area contributed by atoms with E-state index in [1.54, 1.807) is 30.3 Å². The number of carbonyl (C=O) groups excluding carboxylic acids is 1. The Bertz CT molecular complexity index is 1250. The SMILES string of the molecule is O=C(NC1CN(S(=O)(=O)c2cn[nH]c2)CC1c1ccccc1)c1cccc(C(F)(F)F)c1Cl. The number of alkyl halides is 3. The molecule has 0 radical (unpaired) electrons. The highest BCUT2D eigenvalue weighted by molar-refractivity contribution is 7.89. The van der Waals surface area contributed by atoms with E-state index in [4.69, 9.17) is 11.6 Å². The third-order valence-electron chi connectivity index (χ3n) is 5.49. The number of aromatic nitrogens is 2. The van der Waals surface area contributed by atoms with Gasteiger partial charge >= 0.3 is 6.18 Å². The molecule has 1 amide bonds. The smallest absolute Gasteiger partial charge is 0.347 e. The van der Waals surface area contributed by atoms with Crippen LogP contribution in [0.3, 0.4) is 0 Å². The fourth-order valence-electron chi connectivity index (χ4n) is 3.85. The molecule has 1 aliphatic heterocycles. The summed E-state index contributed by atoms with van der Waals surface area (Å²) in [5, 5.41) is 8.12. The molecule has 2 atom stereocenters. The molecule has 1 aliphatic rings. The number of nitrogens with one attached hydrogen (secondary N) is 2. The van der Waals surface area contributed by atoms with Crippen LogP contribution in [0, 0.1) is 0 Å². The molecule has 0 spiro atoms. The van der Waals surface area contributed by atoms with E-state index in [2.05, 4.69) is 15.5 Å². The van der Waals surface area contributed by atoms with E-state index in [-0.39, 0.29) is 23.5 Å². The Kier molecular flexibility index (Phi) is 6.21. The molecule has 2 aromatic carbocycles. The van der Waals surface area contributed by atoms with Crippen LogP contribution in [0.5, 0.6) is 0 Å². The van der Waals surface area contributed by atoms with Crippen molar-refractivity contribution in [3.05, 3.63) is 82.6 Å². The number of halogens is 4. The Morgan fingerprint density at radius 2 is 1.85 bits per heavy atom. The van der Waals surface area contributed by atoms with E-state index in [0.29, 0.717) is 0 Å². The fraction of sp³-hybridized carbons (Fsp3) is 0.238. The summed E-state index contributed by atoms with van der Waals surface area (Å²) in [5.74, 6) is -1.25. The zero-order chi connectivity index (χ0) is 23.8. The minimum atomic E-state index is -4.72. The molecule has 12 heteroatoms. The molecule has 2 unspecified atom stereocenters. The number of hydrogen-bond acceptors (Lipinski definition) is 4. The van der Waals surface area contributed by atoms with Gasteiger partial charge in [0, 0.05) is 25.2 Å². The number of benzene rings is 2. The van der Waals surface area contributed by atoms with Crippen LogP contribution in [-0.2, 0) is 16.2 Å². The minimum absolute atomic E-state index is 0.0257. The lowest BCUT2D eigenvalue weighted by molar-refractivity contribution is -0.137. The summed E-state index contributed by atoms with van der Waals surface area (Å²) >= 11 is 5.90. The van der Waals surface area contributed by atoms with Crippen molar-refractivity contribution in [2.24, 2.45) is 0 Å². The molecule has 0 bridgehead atoms. The van der Waals surface area contributed by atoms with Gasteiger partial charge in [-0.2, -0.15) is 22.6 Å². The van der Waals surface area contributed by atoms with Gasteiger partial charge in [-0.05, 0) is 17.7 Å². The molecule has 4 rings (SSSR count). The van der Waals surface area contributed by atoms with Gasteiger partial charge in [0.05, 0.1) is 28.4 Å². The maximum Gasteiger partial charge on any atom is 0.417 e. The first kappa shape index (κ1) is 23.3. The predicted molar refractivity (Wildman–Crippen MR) is 114 cm³/mol. The van der Waals surface area contributed by atoms with Crippen LogP contribution in [0.1, 0.15) is 27.4 Å². The quantitative estimate of drug-likeness (QED) is 0.561. The molecular weight excluding hydrogens is 481 g/mol. The summed E-state index contributed by atoms with van der Waals surface area (Å²) in [7, 11) is -3.89. The van der Waals surface area contributed by atoms with Crippen molar-refractivity contribution in [1.29, 1.82) is 0 Å². The number of hydrogen-bond donors (Lipinski definition) is 2. The van der Waals surface area contributed by atoms with Gasteiger partial charge in [0.15, 0.2) is 0 Å². The van der Waals surface area contributed by atoms with Crippen LogP contribution in [0.2, 0.25) is 5.02 Å². The normalized spacial score (nSPS) is 19.5. The van der Waals surface area contributed by atoms with Crippen molar-refractivity contribution in [2.45, 2.75) is 23.0 Å². The predicted octanol–water partition coefficient (Wildman–Crippen LogP) is 3.67. The number of aromatic amines is 1. The van der Waals surface area contributed by atoms with Gasteiger partial charge in [0.2, 0.25) is 10.0 Å². The van der Waals surface area contributed by atoms with Crippen molar-refractivity contribution in [3.63, 3.8) is 0 Å². The number of nitrogens with zero attached hydrogens (tertiary/aromatic N) is 2. The Morgan fingerprint density at radius 3 is 2.48 bits per heavy atom. The standard InChI is InChI=1S/C21H18ClF3N4O3S/c22-19-15(7-4-8-17(19)21(23,24)25)20(30)28-18-12-29(33(31,32)14-9-26-27-10-14)11-16(18)13-5-2-1-3-6-13/h1-10,16,18H,11-12H2,(H,26,27)(H,28,30). The Labute approximate surface area is 192 Å². The number of carbonyl (C=O) groups is 1. The highest BCUT2D eigenvalue weighted by Crippen LogP contribution is 2.37. The Balaban J connectivity index is 1.64. The Hall–Kier alpha value is -2.89. The maximum absolute atomic E-state index is 13.2. The lowest BCUT2D eigenvalue weighted by Crippen LogP contribution is -2.40. The molecule has 2 heterocycles. The van der Waals surface area contributed by atoms with E-state index < -0.39 is 44.7 Å². The average molecular weight is 499 g/mol. The summed E-state index contributed by atoms with van der Waals surface area (Å²) in [6.07, 6.45) is -2.29. The van der Waals surface area contributed by atoms with Crippen molar-refractivity contribution in [3.8, 4) is 0 Å². The second-order valence-corrected chi connectivity index (χ2v) is 9.83. The van der Waals surface area contributed by atoms with Crippen molar-refractivity contribution < 1.29 is 26.4 Å². The molecule has 1 saturated heterocycles. The average Bonchev–Trinajstić information content (AvgIpc) is 3.45. The van der Waals surface area contributed by atoms with Crippen molar-refractivity contribution >= 4 is 27.5 Å². The van der Waals surface area contributed by atoms with Crippen LogP contribution in [0.15, 0.2) is 65.8 Å². The minimum Gasteiger partial charge on any atom is -0.347 e. The highest BCUT2D eigenvalue weighted by atomic mass is 35.5. The summed E-state index contributed by atoms with van der Waals surface area (Å²) in [6.45, 7) is -0.00576. The molecule has 7 nitrogen and oxygen atoms in total. The molecule has 0 saturated carbocycles. The first-order valence-electron chi connectivity index (χ1n) is 9.79. The molecular formula is C21H18ClF3N4O3S. The van der Waals surface area contributed by atoms with E-state index in [0.717, 1.165) is 17.7 Å². The fourth-order valence-corrected chi connectivity index (χ4v) is 5.57. The molecule has 3 aromatic rings. The lowest BCUT2D eigenvalue weighted by atomic mass is 9.94. The highest BCUT2D eigenvalue weighted by Gasteiger charge is 2.42. The number of sulfonamides is 1. The molecule has 2 N–H and O–H groups in total.